The molecule has 0 atom stereocenters. The van der Waals surface area contributed by atoms with E-state index in [1.165, 1.54) is 30.6 Å². The topological polar surface area (TPSA) is 23.5 Å². The van der Waals surface area contributed by atoms with E-state index in [1.807, 2.05) is 0 Å². The molecule has 2 rings (SSSR count). The molecule has 0 unspecified atom stereocenters. The lowest BCUT2D eigenvalue weighted by Crippen LogP contribution is -2.32. The van der Waals surface area contributed by atoms with Crippen molar-refractivity contribution in [1.29, 1.82) is 0 Å². The van der Waals surface area contributed by atoms with Crippen LogP contribution >= 0.6 is 11.3 Å². The summed E-state index contributed by atoms with van der Waals surface area (Å²) in [4.78, 5) is 3.97. The van der Waals surface area contributed by atoms with Crippen LogP contribution in [-0.2, 0) is 6.54 Å². The normalized spacial score (nSPS) is 15.9. The molecule has 0 radical (unpaired) electrons. The van der Waals surface area contributed by atoms with Crippen LogP contribution in [0.4, 0.5) is 0 Å². The Balaban J connectivity index is 1.96. The molecule has 1 saturated carbocycles. The Morgan fingerprint density at radius 2 is 2.22 bits per heavy atom. The predicted octanol–water partition coefficient (Wildman–Crippen LogP) is 2.86. The lowest BCUT2D eigenvalue weighted by atomic mass is 10.2. The zero-order valence-electron chi connectivity index (χ0n) is 11.0. The average Bonchev–Trinajstić information content (AvgIpc) is 3.04. The van der Waals surface area contributed by atoms with E-state index in [0.717, 1.165) is 24.7 Å². The van der Waals surface area contributed by atoms with Crippen molar-refractivity contribution >= 4 is 11.3 Å². The molecule has 1 aliphatic carbocycles. The van der Waals surface area contributed by atoms with Crippen molar-refractivity contribution in [1.82, 2.24) is 4.90 Å². The minimum Gasteiger partial charge on any atom is -0.384 e. The number of aliphatic hydroxyl groups is 1. The summed E-state index contributed by atoms with van der Waals surface area (Å²) in [5, 5.41) is 10.8. The van der Waals surface area contributed by atoms with Gasteiger partial charge in [0.25, 0.3) is 0 Å². The third kappa shape index (κ3) is 3.58. The monoisotopic (exact) mass is 263 g/mol. The first-order valence-electron chi connectivity index (χ1n) is 6.74. The van der Waals surface area contributed by atoms with E-state index < -0.39 is 0 Å². The molecule has 0 aromatic carbocycles. The first-order valence-corrected chi connectivity index (χ1v) is 7.62. The van der Waals surface area contributed by atoms with Crippen molar-refractivity contribution in [3.05, 3.63) is 21.9 Å². The van der Waals surface area contributed by atoms with Gasteiger partial charge in [-0.15, -0.1) is 11.3 Å². The van der Waals surface area contributed by atoms with Crippen LogP contribution in [0, 0.1) is 11.8 Å². The van der Waals surface area contributed by atoms with Crippen LogP contribution in [0.5, 0.6) is 0 Å². The second kappa shape index (κ2) is 6.94. The molecule has 0 saturated heterocycles. The van der Waals surface area contributed by atoms with Crippen LogP contribution in [-0.4, -0.2) is 29.2 Å². The number of hydrogen-bond acceptors (Lipinski definition) is 3. The number of nitrogens with zero attached hydrogens (tertiary/aromatic N) is 1. The van der Waals surface area contributed by atoms with Gasteiger partial charge >= 0.3 is 0 Å². The number of aliphatic hydroxyl groups excluding tert-OH is 1. The van der Waals surface area contributed by atoms with Gasteiger partial charge in [-0.25, -0.2) is 0 Å². The van der Waals surface area contributed by atoms with Gasteiger partial charge in [0.1, 0.15) is 6.61 Å². The van der Waals surface area contributed by atoms with Crippen LogP contribution in [0.1, 0.15) is 43.0 Å². The molecule has 2 nitrogen and oxygen atoms in total. The molecule has 1 fully saturated rings. The maximum Gasteiger partial charge on any atom is 0.104 e. The van der Waals surface area contributed by atoms with Crippen molar-refractivity contribution in [3.63, 3.8) is 0 Å². The third-order valence-corrected chi connectivity index (χ3v) is 4.49. The zero-order valence-corrected chi connectivity index (χ0v) is 11.8. The Morgan fingerprint density at radius 1 is 1.44 bits per heavy atom. The number of hydrogen-bond donors (Lipinski definition) is 1. The maximum atomic E-state index is 8.68. The van der Waals surface area contributed by atoms with Crippen molar-refractivity contribution in [2.45, 2.75) is 45.2 Å². The summed E-state index contributed by atoms with van der Waals surface area (Å²) < 4.78 is 0. The highest BCUT2D eigenvalue weighted by Gasteiger charge is 2.21. The second-order valence-electron chi connectivity index (χ2n) is 4.76. The Hall–Kier alpha value is -0.820. The van der Waals surface area contributed by atoms with E-state index >= 15 is 0 Å². The fourth-order valence-corrected chi connectivity index (χ4v) is 3.48. The lowest BCUT2D eigenvalue weighted by Gasteiger charge is -2.26. The van der Waals surface area contributed by atoms with Gasteiger partial charge in [0.2, 0.25) is 0 Å². The van der Waals surface area contributed by atoms with Crippen LogP contribution in [0.2, 0.25) is 0 Å². The fourth-order valence-electron chi connectivity index (χ4n) is 2.64. The smallest absolute Gasteiger partial charge is 0.104 e. The van der Waals surface area contributed by atoms with Gasteiger partial charge in [0.15, 0.2) is 0 Å². The second-order valence-corrected chi connectivity index (χ2v) is 5.76. The van der Waals surface area contributed by atoms with Crippen LogP contribution in [0.25, 0.3) is 0 Å². The van der Waals surface area contributed by atoms with E-state index in [-0.39, 0.29) is 6.61 Å². The Bertz CT molecular complexity index is 423. The summed E-state index contributed by atoms with van der Waals surface area (Å²) in [6, 6.07) is 2.94. The Morgan fingerprint density at radius 3 is 2.89 bits per heavy atom. The molecular weight excluding hydrogens is 242 g/mol. The quantitative estimate of drug-likeness (QED) is 0.844. The largest absolute Gasteiger partial charge is 0.384 e. The predicted molar refractivity (Wildman–Crippen MR) is 76.6 cm³/mol. The molecule has 3 heteroatoms. The van der Waals surface area contributed by atoms with Gasteiger partial charge in [-0.3, -0.25) is 4.90 Å². The molecule has 1 aliphatic rings. The highest BCUT2D eigenvalue weighted by molar-refractivity contribution is 7.10. The molecule has 0 bridgehead atoms. The van der Waals surface area contributed by atoms with E-state index in [1.54, 1.807) is 11.3 Å². The van der Waals surface area contributed by atoms with Gasteiger partial charge in [0, 0.05) is 28.4 Å². The van der Waals surface area contributed by atoms with Crippen molar-refractivity contribution < 1.29 is 5.11 Å². The van der Waals surface area contributed by atoms with Crippen molar-refractivity contribution in [2.75, 3.05) is 13.2 Å². The molecule has 1 aromatic heterocycles. The van der Waals surface area contributed by atoms with Crippen LogP contribution in [0.3, 0.4) is 0 Å². The number of rotatable bonds is 4. The first kappa shape index (κ1) is 13.6. The summed E-state index contributed by atoms with van der Waals surface area (Å²) in [6.07, 6.45) is 5.49. The first-order chi connectivity index (χ1) is 8.83. The minimum absolute atomic E-state index is 0.0612. The summed E-state index contributed by atoms with van der Waals surface area (Å²) in [5.41, 5.74) is 1.03. The standard InChI is InChI=1S/C15H21NOS/c1-2-16(14-7-3-4-8-14)11-15-10-13(12-18-15)6-5-9-17/h10,12,14,17H,2-4,7-9,11H2,1H3. The lowest BCUT2D eigenvalue weighted by molar-refractivity contribution is 0.202. The summed E-state index contributed by atoms with van der Waals surface area (Å²) in [6.45, 7) is 4.36. The fraction of sp³-hybridized carbons (Fsp3) is 0.600. The molecule has 0 spiro atoms. The van der Waals surface area contributed by atoms with Gasteiger partial charge in [0.05, 0.1) is 0 Å². The molecular formula is C15H21NOS. The Labute approximate surface area is 114 Å². The summed E-state index contributed by atoms with van der Waals surface area (Å²) >= 11 is 1.78. The molecule has 0 aliphatic heterocycles. The molecule has 1 aromatic rings. The third-order valence-electron chi connectivity index (χ3n) is 3.57. The van der Waals surface area contributed by atoms with Crippen molar-refractivity contribution in [2.24, 2.45) is 0 Å². The number of thiophene rings is 1. The maximum absolute atomic E-state index is 8.68. The highest BCUT2D eigenvalue weighted by Crippen LogP contribution is 2.26. The summed E-state index contributed by atoms with van der Waals surface area (Å²) in [5.74, 6) is 5.67. The molecule has 0 amide bonds. The van der Waals surface area contributed by atoms with E-state index in [9.17, 15) is 0 Å². The molecule has 1 N–H and O–H groups in total. The molecule has 18 heavy (non-hydrogen) atoms. The zero-order chi connectivity index (χ0) is 12.8. The SMILES string of the molecule is CCN(Cc1cc(C#CCO)cs1)C1CCCC1. The van der Waals surface area contributed by atoms with Gasteiger partial charge in [-0.2, -0.15) is 0 Å². The van der Waals surface area contributed by atoms with Gasteiger partial charge < -0.3 is 5.11 Å². The van der Waals surface area contributed by atoms with Gasteiger partial charge in [-0.05, 0) is 25.5 Å². The van der Waals surface area contributed by atoms with Crippen LogP contribution < -0.4 is 0 Å². The van der Waals surface area contributed by atoms with Crippen molar-refractivity contribution in [3.8, 4) is 11.8 Å². The van der Waals surface area contributed by atoms with E-state index in [4.69, 9.17) is 5.11 Å². The van der Waals surface area contributed by atoms with Crippen LogP contribution in [0.15, 0.2) is 11.4 Å². The summed E-state index contributed by atoms with van der Waals surface area (Å²) in [7, 11) is 0. The molecule has 98 valence electrons. The average molecular weight is 263 g/mol. The molecule has 1 heterocycles. The van der Waals surface area contributed by atoms with E-state index in [2.05, 4.69) is 35.1 Å². The van der Waals surface area contributed by atoms with E-state index in [0.29, 0.717) is 0 Å². The Kier molecular flexibility index (Phi) is 5.25. The van der Waals surface area contributed by atoms with Gasteiger partial charge in [-0.1, -0.05) is 31.6 Å². The highest BCUT2D eigenvalue weighted by atomic mass is 32.1. The minimum atomic E-state index is -0.0612.